The number of carbonyl (C=O) groups is 1. The molecule has 0 bridgehead atoms. The zero-order valence-corrected chi connectivity index (χ0v) is 18.9. The van der Waals surface area contributed by atoms with Crippen molar-refractivity contribution in [2.24, 2.45) is 7.05 Å². The zero-order valence-electron chi connectivity index (χ0n) is 17.3. The number of amides is 1. The number of thiophene rings is 1. The van der Waals surface area contributed by atoms with Gasteiger partial charge in [-0.25, -0.2) is 4.98 Å². The minimum Gasteiger partial charge on any atom is -0.311 e. The monoisotopic (exact) mass is 439 g/mol. The van der Waals surface area contributed by atoms with Gasteiger partial charge in [-0.05, 0) is 62.6 Å². The number of fused-ring (bicyclic) bond motifs is 4. The van der Waals surface area contributed by atoms with Gasteiger partial charge in [-0.3, -0.25) is 14.2 Å². The standard InChI is InChI=1S/C23H25N3O2S2/c1-14(21(27)26-13-7-9-15-8-3-5-11-17(15)26)29-23-24-20-19(22(28)25(23)2)16-10-4-6-12-18(16)30-20/h3,5,8,11,14H,4,6-7,9-10,12-13H2,1-2H3. The van der Waals surface area contributed by atoms with Gasteiger partial charge in [0.05, 0.1) is 10.6 Å². The van der Waals surface area contributed by atoms with Crippen molar-refractivity contribution in [3.05, 3.63) is 50.6 Å². The van der Waals surface area contributed by atoms with Crippen molar-refractivity contribution in [1.82, 2.24) is 9.55 Å². The number of aryl methyl sites for hydroxylation is 3. The van der Waals surface area contributed by atoms with Gasteiger partial charge in [-0.15, -0.1) is 11.3 Å². The molecule has 156 valence electrons. The van der Waals surface area contributed by atoms with E-state index in [1.807, 2.05) is 30.0 Å². The van der Waals surface area contributed by atoms with Crippen LogP contribution in [0.4, 0.5) is 5.69 Å². The van der Waals surface area contributed by atoms with E-state index in [1.54, 1.807) is 23.0 Å². The Kier molecular flexibility index (Phi) is 5.19. The van der Waals surface area contributed by atoms with Crippen molar-refractivity contribution in [3.63, 3.8) is 0 Å². The van der Waals surface area contributed by atoms with Crippen LogP contribution in [0, 0.1) is 0 Å². The Morgan fingerprint density at radius 2 is 1.97 bits per heavy atom. The van der Waals surface area contributed by atoms with Gasteiger partial charge < -0.3 is 4.90 Å². The largest absolute Gasteiger partial charge is 0.311 e. The third kappa shape index (κ3) is 3.28. The topological polar surface area (TPSA) is 55.2 Å². The van der Waals surface area contributed by atoms with E-state index in [0.717, 1.165) is 54.6 Å². The summed E-state index contributed by atoms with van der Waals surface area (Å²) < 4.78 is 1.63. The molecule has 1 aliphatic carbocycles. The fourth-order valence-electron chi connectivity index (χ4n) is 4.56. The molecule has 1 atom stereocenters. The Morgan fingerprint density at radius 1 is 1.17 bits per heavy atom. The Hall–Kier alpha value is -2.12. The molecule has 1 unspecified atom stereocenters. The van der Waals surface area contributed by atoms with Crippen molar-refractivity contribution in [2.45, 2.75) is 55.9 Å². The molecular weight excluding hydrogens is 414 g/mol. The molecule has 3 aromatic rings. The summed E-state index contributed by atoms with van der Waals surface area (Å²) in [6.07, 6.45) is 6.33. The van der Waals surface area contributed by atoms with Crippen LogP contribution in [-0.2, 0) is 31.1 Å². The predicted molar refractivity (Wildman–Crippen MR) is 124 cm³/mol. The predicted octanol–water partition coefficient (Wildman–Crippen LogP) is 4.33. The van der Waals surface area contributed by atoms with Crippen molar-refractivity contribution in [3.8, 4) is 0 Å². The van der Waals surface area contributed by atoms with Gasteiger partial charge in [0.15, 0.2) is 5.16 Å². The maximum absolute atomic E-state index is 13.3. The first-order chi connectivity index (χ1) is 14.5. The van der Waals surface area contributed by atoms with Gasteiger partial charge >= 0.3 is 0 Å². The average molecular weight is 440 g/mol. The zero-order chi connectivity index (χ0) is 20.8. The van der Waals surface area contributed by atoms with Crippen LogP contribution in [0.3, 0.4) is 0 Å². The van der Waals surface area contributed by atoms with Crippen LogP contribution in [0.15, 0.2) is 34.2 Å². The van der Waals surface area contributed by atoms with Crippen LogP contribution in [-0.4, -0.2) is 27.3 Å². The van der Waals surface area contributed by atoms with E-state index in [-0.39, 0.29) is 16.7 Å². The molecule has 0 saturated heterocycles. The molecule has 5 rings (SSSR count). The summed E-state index contributed by atoms with van der Waals surface area (Å²) in [7, 11) is 1.78. The summed E-state index contributed by atoms with van der Waals surface area (Å²) in [4.78, 5) is 35.3. The molecule has 1 amide bonds. The number of benzene rings is 1. The number of rotatable bonds is 3. The molecule has 0 saturated carbocycles. The molecule has 0 radical (unpaired) electrons. The number of carbonyl (C=O) groups excluding carboxylic acids is 1. The fourth-order valence-corrected chi connectivity index (χ4v) is 6.80. The highest BCUT2D eigenvalue weighted by Crippen LogP contribution is 2.35. The van der Waals surface area contributed by atoms with Gasteiger partial charge in [-0.2, -0.15) is 0 Å². The maximum Gasteiger partial charge on any atom is 0.262 e. The van der Waals surface area contributed by atoms with Crippen LogP contribution in [0.25, 0.3) is 10.2 Å². The second-order valence-corrected chi connectivity index (χ2v) is 10.5. The highest BCUT2D eigenvalue weighted by Gasteiger charge is 2.28. The van der Waals surface area contributed by atoms with E-state index in [1.165, 1.54) is 34.2 Å². The lowest BCUT2D eigenvalue weighted by Gasteiger charge is -2.31. The maximum atomic E-state index is 13.3. The molecule has 30 heavy (non-hydrogen) atoms. The lowest BCUT2D eigenvalue weighted by Crippen LogP contribution is -2.40. The van der Waals surface area contributed by atoms with Crippen molar-refractivity contribution in [2.75, 3.05) is 11.4 Å². The second-order valence-electron chi connectivity index (χ2n) is 8.13. The molecule has 0 spiro atoms. The highest BCUT2D eigenvalue weighted by atomic mass is 32.2. The molecule has 0 N–H and O–H groups in total. The second kappa shape index (κ2) is 7.85. The number of hydrogen-bond donors (Lipinski definition) is 0. The van der Waals surface area contributed by atoms with Gasteiger partial charge in [0.1, 0.15) is 4.83 Å². The number of nitrogens with zero attached hydrogens (tertiary/aromatic N) is 3. The van der Waals surface area contributed by atoms with E-state index in [4.69, 9.17) is 4.98 Å². The molecular formula is C23H25N3O2S2. The lowest BCUT2D eigenvalue weighted by molar-refractivity contribution is -0.117. The van der Waals surface area contributed by atoms with Crippen LogP contribution in [0.5, 0.6) is 0 Å². The summed E-state index contributed by atoms with van der Waals surface area (Å²) in [5, 5.41) is 1.10. The van der Waals surface area contributed by atoms with Crippen LogP contribution >= 0.6 is 23.1 Å². The van der Waals surface area contributed by atoms with E-state index in [2.05, 4.69) is 6.07 Å². The highest BCUT2D eigenvalue weighted by molar-refractivity contribution is 8.00. The molecule has 1 aliphatic heterocycles. The molecule has 3 heterocycles. The summed E-state index contributed by atoms with van der Waals surface area (Å²) in [6, 6.07) is 8.14. The minimum atomic E-state index is -0.318. The smallest absolute Gasteiger partial charge is 0.262 e. The summed E-state index contributed by atoms with van der Waals surface area (Å²) in [5.41, 5.74) is 3.47. The van der Waals surface area contributed by atoms with Crippen LogP contribution in [0.2, 0.25) is 0 Å². The van der Waals surface area contributed by atoms with E-state index >= 15 is 0 Å². The number of thioether (sulfide) groups is 1. The van der Waals surface area contributed by atoms with Gasteiger partial charge in [0, 0.05) is 24.2 Å². The van der Waals surface area contributed by atoms with Crippen molar-refractivity contribution in [1.29, 1.82) is 0 Å². The Morgan fingerprint density at radius 3 is 2.83 bits per heavy atom. The quantitative estimate of drug-likeness (QED) is 0.450. The minimum absolute atomic E-state index is 0.0184. The average Bonchev–Trinajstić information content (AvgIpc) is 3.14. The number of aromatic nitrogens is 2. The SMILES string of the molecule is CC(Sc1nc2sc3c(c2c(=O)n1C)CCCC3)C(=O)N1CCCc2ccccc21. The Balaban J connectivity index is 1.45. The first-order valence-electron chi connectivity index (χ1n) is 10.6. The summed E-state index contributed by atoms with van der Waals surface area (Å²) in [6.45, 7) is 2.66. The van der Waals surface area contributed by atoms with E-state index in [0.29, 0.717) is 5.16 Å². The summed E-state index contributed by atoms with van der Waals surface area (Å²) >= 11 is 3.05. The Labute approximate surface area is 184 Å². The third-order valence-electron chi connectivity index (χ3n) is 6.16. The van der Waals surface area contributed by atoms with Gasteiger partial charge in [-0.1, -0.05) is 30.0 Å². The van der Waals surface area contributed by atoms with Gasteiger partial charge in [0.2, 0.25) is 5.91 Å². The third-order valence-corrected chi connectivity index (χ3v) is 8.48. The fraction of sp³-hybridized carbons (Fsp3) is 0.435. The first kappa shape index (κ1) is 19.8. The first-order valence-corrected chi connectivity index (χ1v) is 12.3. The molecule has 7 heteroatoms. The number of anilines is 1. The normalized spacial score (nSPS) is 16.9. The van der Waals surface area contributed by atoms with Crippen molar-refractivity contribution >= 4 is 44.9 Å². The van der Waals surface area contributed by atoms with Crippen molar-refractivity contribution < 1.29 is 4.79 Å². The molecule has 2 aliphatic rings. The van der Waals surface area contributed by atoms with Gasteiger partial charge in [0.25, 0.3) is 5.56 Å². The molecule has 2 aromatic heterocycles. The molecule has 5 nitrogen and oxygen atoms in total. The van der Waals surface area contributed by atoms with E-state index < -0.39 is 0 Å². The number of hydrogen-bond acceptors (Lipinski definition) is 5. The summed E-state index contributed by atoms with van der Waals surface area (Å²) in [5.74, 6) is 0.0759. The Bertz CT molecular complexity index is 1200. The number of para-hydroxylation sites is 1. The molecule has 0 fully saturated rings. The van der Waals surface area contributed by atoms with Crippen LogP contribution in [0.1, 0.15) is 42.2 Å². The molecule has 1 aromatic carbocycles. The van der Waals surface area contributed by atoms with Crippen LogP contribution < -0.4 is 10.5 Å². The van der Waals surface area contributed by atoms with E-state index in [9.17, 15) is 9.59 Å². The lowest BCUT2D eigenvalue weighted by atomic mass is 9.97.